The van der Waals surface area contributed by atoms with Crippen molar-refractivity contribution in [2.24, 2.45) is 0 Å². The van der Waals surface area contributed by atoms with Gasteiger partial charge in [-0.05, 0) is 13.3 Å². The molecule has 2 aromatic rings. The van der Waals surface area contributed by atoms with Gasteiger partial charge in [0.05, 0.1) is 6.33 Å². The van der Waals surface area contributed by atoms with Crippen molar-refractivity contribution >= 4 is 17.0 Å². The largest absolute Gasteiger partial charge is 0.382 e. The highest BCUT2D eigenvalue weighted by Gasteiger charge is 2.28. The van der Waals surface area contributed by atoms with Gasteiger partial charge in [0.15, 0.2) is 17.8 Å². The van der Waals surface area contributed by atoms with Crippen molar-refractivity contribution < 1.29 is 9.47 Å². The zero-order chi connectivity index (χ0) is 12.7. The van der Waals surface area contributed by atoms with Crippen LogP contribution in [0.4, 0.5) is 5.82 Å². The van der Waals surface area contributed by atoms with Crippen molar-refractivity contribution in [1.29, 1.82) is 0 Å². The van der Waals surface area contributed by atoms with E-state index in [0.717, 1.165) is 12.8 Å². The van der Waals surface area contributed by atoms with E-state index < -0.39 is 0 Å². The number of methoxy groups -OCH3 is 1. The summed E-state index contributed by atoms with van der Waals surface area (Å²) in [5.41, 5.74) is 7.16. The normalized spacial score (nSPS) is 23.9. The summed E-state index contributed by atoms with van der Waals surface area (Å²) in [6.07, 6.45) is 3.16. The topological polar surface area (TPSA) is 88.1 Å². The van der Waals surface area contributed by atoms with E-state index in [4.69, 9.17) is 15.2 Å². The fraction of sp³-hybridized carbons (Fsp3) is 0.545. The highest BCUT2D eigenvalue weighted by atomic mass is 16.7. The fourth-order valence-corrected chi connectivity index (χ4v) is 2.23. The number of nitrogens with two attached hydrogens (primary N) is 1. The van der Waals surface area contributed by atoms with E-state index in [1.807, 2.05) is 4.57 Å². The molecule has 1 fully saturated rings. The summed E-state index contributed by atoms with van der Waals surface area (Å²) in [5.74, 6) is 1.03. The Labute approximate surface area is 104 Å². The summed E-state index contributed by atoms with van der Waals surface area (Å²) in [7, 11) is 1.64. The summed E-state index contributed by atoms with van der Waals surface area (Å²) in [5, 5.41) is 0. The van der Waals surface area contributed by atoms with E-state index in [1.165, 1.54) is 0 Å². The Morgan fingerprint density at radius 1 is 1.44 bits per heavy atom. The number of aromatic nitrogens is 4. The number of nitrogen functional groups attached to an aromatic ring is 1. The minimum Gasteiger partial charge on any atom is -0.382 e. The Balaban J connectivity index is 2.03. The van der Waals surface area contributed by atoms with Crippen LogP contribution in [0.25, 0.3) is 11.2 Å². The quantitative estimate of drug-likeness (QED) is 0.854. The predicted molar refractivity (Wildman–Crippen MR) is 64.6 cm³/mol. The minimum absolute atomic E-state index is 0.103. The molecule has 0 amide bonds. The van der Waals surface area contributed by atoms with Crippen molar-refractivity contribution in [3.63, 3.8) is 0 Å². The van der Waals surface area contributed by atoms with Gasteiger partial charge < -0.3 is 15.2 Å². The molecule has 3 heterocycles. The van der Waals surface area contributed by atoms with E-state index in [2.05, 4.69) is 15.0 Å². The van der Waals surface area contributed by atoms with E-state index in [0.29, 0.717) is 22.8 Å². The lowest BCUT2D eigenvalue weighted by Crippen LogP contribution is -2.12. The highest BCUT2D eigenvalue weighted by molar-refractivity contribution is 5.81. The van der Waals surface area contributed by atoms with Gasteiger partial charge in [-0.15, -0.1) is 0 Å². The molecule has 7 nitrogen and oxygen atoms in total. The van der Waals surface area contributed by atoms with Gasteiger partial charge in [0.25, 0.3) is 0 Å². The van der Waals surface area contributed by atoms with Crippen molar-refractivity contribution in [2.45, 2.75) is 32.3 Å². The van der Waals surface area contributed by atoms with Crippen LogP contribution in [0.5, 0.6) is 0 Å². The number of fused-ring (bicyclic) bond motifs is 1. The first kappa shape index (κ1) is 11.4. The van der Waals surface area contributed by atoms with E-state index in [9.17, 15) is 0 Å². The van der Waals surface area contributed by atoms with E-state index in [1.54, 1.807) is 20.4 Å². The molecular formula is C11H15N5O2. The molecule has 0 saturated carbocycles. The van der Waals surface area contributed by atoms with Crippen molar-refractivity contribution in [3.8, 4) is 0 Å². The minimum atomic E-state index is -0.160. The monoisotopic (exact) mass is 249 g/mol. The van der Waals surface area contributed by atoms with Crippen LogP contribution in [-0.2, 0) is 9.47 Å². The average Bonchev–Trinajstić information content (AvgIpc) is 2.93. The summed E-state index contributed by atoms with van der Waals surface area (Å²) in [6.45, 7) is 1.81. The van der Waals surface area contributed by atoms with Crippen LogP contribution in [0.2, 0.25) is 0 Å². The van der Waals surface area contributed by atoms with Gasteiger partial charge in [0.1, 0.15) is 17.6 Å². The van der Waals surface area contributed by atoms with Gasteiger partial charge in [-0.2, -0.15) is 0 Å². The molecule has 0 radical (unpaired) electrons. The van der Waals surface area contributed by atoms with Crippen LogP contribution in [0, 0.1) is 6.92 Å². The van der Waals surface area contributed by atoms with Gasteiger partial charge >= 0.3 is 0 Å². The number of nitrogens with zero attached hydrogens (tertiary/aromatic N) is 4. The van der Waals surface area contributed by atoms with Gasteiger partial charge in [-0.3, -0.25) is 4.57 Å². The maximum Gasteiger partial charge on any atom is 0.167 e. The molecule has 2 aromatic heterocycles. The summed E-state index contributed by atoms with van der Waals surface area (Å²) >= 11 is 0. The Morgan fingerprint density at radius 2 is 2.28 bits per heavy atom. The van der Waals surface area contributed by atoms with Crippen LogP contribution in [0.15, 0.2) is 6.33 Å². The second-order valence-electron chi connectivity index (χ2n) is 4.31. The van der Waals surface area contributed by atoms with Gasteiger partial charge in [-0.1, -0.05) is 0 Å². The van der Waals surface area contributed by atoms with Crippen molar-refractivity contribution in [3.05, 3.63) is 12.2 Å². The first-order valence-corrected chi connectivity index (χ1v) is 5.84. The molecule has 0 bridgehead atoms. The standard InChI is InChI=1S/C11H15N5O2/c1-6-14-10(12)9-11(15-6)16(5-13-9)7-3-4-8(17-2)18-7/h5,7-8H,3-4H2,1-2H3,(H2,12,14,15)/t7?,8-/m0/s1. The summed E-state index contributed by atoms with van der Waals surface area (Å²) < 4.78 is 12.8. The summed E-state index contributed by atoms with van der Waals surface area (Å²) in [6, 6.07) is 0. The molecule has 2 N–H and O–H groups in total. The molecule has 1 aliphatic heterocycles. The third kappa shape index (κ3) is 1.72. The average molecular weight is 249 g/mol. The number of aryl methyl sites for hydroxylation is 1. The molecule has 0 aromatic carbocycles. The van der Waals surface area contributed by atoms with Crippen molar-refractivity contribution in [1.82, 2.24) is 19.5 Å². The Bertz CT molecular complexity index is 582. The molecule has 3 rings (SSSR count). The van der Waals surface area contributed by atoms with Gasteiger partial charge in [0.2, 0.25) is 0 Å². The second-order valence-corrected chi connectivity index (χ2v) is 4.31. The second kappa shape index (κ2) is 4.18. The molecule has 96 valence electrons. The maximum absolute atomic E-state index is 5.83. The van der Waals surface area contributed by atoms with Crippen LogP contribution < -0.4 is 5.73 Å². The molecule has 18 heavy (non-hydrogen) atoms. The fourth-order valence-electron chi connectivity index (χ4n) is 2.23. The molecule has 0 aliphatic carbocycles. The molecule has 1 aliphatic rings. The molecule has 2 atom stereocenters. The number of ether oxygens (including phenoxy) is 2. The lowest BCUT2D eigenvalue weighted by Gasteiger charge is -2.14. The van der Waals surface area contributed by atoms with Crippen LogP contribution in [0.1, 0.15) is 24.9 Å². The van der Waals surface area contributed by atoms with E-state index >= 15 is 0 Å². The first-order chi connectivity index (χ1) is 8.69. The van der Waals surface area contributed by atoms with Crippen LogP contribution in [0.3, 0.4) is 0 Å². The molecule has 7 heteroatoms. The molecular weight excluding hydrogens is 234 g/mol. The third-order valence-electron chi connectivity index (χ3n) is 3.09. The lowest BCUT2D eigenvalue weighted by atomic mass is 10.3. The Kier molecular flexibility index (Phi) is 2.64. The number of imidazole rings is 1. The molecule has 0 spiro atoms. The number of rotatable bonds is 2. The van der Waals surface area contributed by atoms with E-state index in [-0.39, 0.29) is 12.5 Å². The molecule has 1 saturated heterocycles. The smallest absolute Gasteiger partial charge is 0.167 e. The van der Waals surface area contributed by atoms with Crippen molar-refractivity contribution in [2.75, 3.05) is 12.8 Å². The SMILES string of the molecule is CO[C@@H]1CCC(n2cnc3c(N)nc(C)nc32)O1. The molecule has 1 unspecified atom stereocenters. The van der Waals surface area contributed by atoms with Crippen LogP contribution in [-0.4, -0.2) is 32.9 Å². The first-order valence-electron chi connectivity index (χ1n) is 5.84. The predicted octanol–water partition coefficient (Wildman–Crippen LogP) is 0.998. The zero-order valence-corrected chi connectivity index (χ0v) is 10.3. The number of hydrogen-bond donors (Lipinski definition) is 1. The lowest BCUT2D eigenvalue weighted by molar-refractivity contribution is -0.132. The number of hydrogen-bond acceptors (Lipinski definition) is 6. The van der Waals surface area contributed by atoms with Gasteiger partial charge in [-0.25, -0.2) is 15.0 Å². The van der Waals surface area contributed by atoms with Crippen LogP contribution >= 0.6 is 0 Å². The highest BCUT2D eigenvalue weighted by Crippen LogP contribution is 2.31. The zero-order valence-electron chi connectivity index (χ0n) is 10.3. The summed E-state index contributed by atoms with van der Waals surface area (Å²) in [4.78, 5) is 12.7. The Morgan fingerprint density at radius 3 is 3.00 bits per heavy atom. The third-order valence-corrected chi connectivity index (χ3v) is 3.09. The maximum atomic E-state index is 5.83. The van der Waals surface area contributed by atoms with Gasteiger partial charge in [0, 0.05) is 13.5 Å². The Hall–Kier alpha value is -1.73. The number of anilines is 1.